The van der Waals surface area contributed by atoms with Gasteiger partial charge >= 0.3 is 5.97 Å². The lowest BCUT2D eigenvalue weighted by Crippen LogP contribution is -2.50. The van der Waals surface area contributed by atoms with Crippen molar-refractivity contribution in [2.45, 2.75) is 76.3 Å². The number of thiazole rings is 1. The highest BCUT2D eigenvalue weighted by molar-refractivity contribution is 7.13. The number of hydrogen-bond acceptors (Lipinski definition) is 10. The lowest BCUT2D eigenvalue weighted by Gasteiger charge is -2.31. The molecule has 228 valence electrons. The lowest BCUT2D eigenvalue weighted by atomic mass is 9.99. The smallest absolute Gasteiger partial charge is 0.307 e. The number of carbonyl (C=O) groups excluding carboxylic acids is 3. The van der Waals surface area contributed by atoms with Crippen LogP contribution in [0.3, 0.4) is 0 Å². The molecule has 1 saturated heterocycles. The molecule has 0 spiro atoms. The van der Waals surface area contributed by atoms with E-state index in [-0.39, 0.29) is 31.2 Å². The topological polar surface area (TPSA) is 149 Å². The summed E-state index contributed by atoms with van der Waals surface area (Å²) in [7, 11) is 1.30. The second kappa shape index (κ2) is 12.1. The third-order valence-electron chi connectivity index (χ3n) is 8.56. The molecule has 1 aliphatic carbocycles. The molecule has 6 rings (SSSR count). The number of nitrogens with one attached hydrogen (secondary N) is 1. The molecule has 13 heteroatoms. The normalized spacial score (nSPS) is 24.2. The molecule has 4 heterocycles. The number of esters is 1. The maximum absolute atomic E-state index is 14.2. The third kappa shape index (κ3) is 5.93. The Morgan fingerprint density at radius 3 is 2.67 bits per heavy atom. The molecule has 2 N–H and O–H groups in total. The van der Waals surface area contributed by atoms with E-state index >= 15 is 0 Å². The Labute approximate surface area is 253 Å². The number of carbonyl (C=O) groups is 3. The summed E-state index contributed by atoms with van der Waals surface area (Å²) in [5.41, 5.74) is 6.11. The number of aliphatic hydroxyl groups is 1. The monoisotopic (exact) mass is 608 g/mol. The Morgan fingerprint density at radius 2 is 2.00 bits per heavy atom. The van der Waals surface area contributed by atoms with Crippen LogP contribution in [0.5, 0.6) is 0 Å². The second-order valence-corrected chi connectivity index (χ2v) is 12.6. The summed E-state index contributed by atoms with van der Waals surface area (Å²) in [6, 6.07) is 5.27. The molecule has 2 fully saturated rings. The number of fused-ring (bicyclic) bond motifs is 1. The zero-order chi connectivity index (χ0) is 30.2. The standard InChI is InChI=1S/C30H36N6O6S/c1-16-13-42-14-24-26(19-6-7-19)33-34-36(24)27(16)30(40)35-12-21(37)10-23(35)29(39)32-22(11-25(38)41-3)18-4-8-20(9-5-18)28-17(2)31-15-43-28/h4-5,8-9,15-16,19,21-23,27,37H,6-7,10-14H2,1-3H3,(H,32,39)/t16-,21-,22+,23+,27+/m1/s1. The number of aromatic nitrogens is 4. The number of amides is 2. The average Bonchev–Trinajstić information content (AvgIpc) is 3.49. The lowest BCUT2D eigenvalue weighted by molar-refractivity contribution is -0.144. The Bertz CT molecular complexity index is 1500. The first-order valence-corrected chi connectivity index (χ1v) is 15.5. The molecule has 1 saturated carbocycles. The van der Waals surface area contributed by atoms with E-state index in [1.807, 2.05) is 38.1 Å². The molecule has 0 unspecified atom stereocenters. The van der Waals surface area contributed by atoms with Gasteiger partial charge in [-0.2, -0.15) is 0 Å². The van der Waals surface area contributed by atoms with Crippen molar-refractivity contribution in [2.24, 2.45) is 5.92 Å². The van der Waals surface area contributed by atoms with E-state index in [0.717, 1.165) is 45.9 Å². The van der Waals surface area contributed by atoms with Crippen LogP contribution >= 0.6 is 11.3 Å². The maximum atomic E-state index is 14.2. The first kappa shape index (κ1) is 29.4. The van der Waals surface area contributed by atoms with Gasteiger partial charge in [0.2, 0.25) is 11.8 Å². The van der Waals surface area contributed by atoms with Crippen molar-refractivity contribution in [1.82, 2.24) is 30.2 Å². The van der Waals surface area contributed by atoms with E-state index in [9.17, 15) is 19.5 Å². The summed E-state index contributed by atoms with van der Waals surface area (Å²) < 4.78 is 12.5. The van der Waals surface area contributed by atoms with E-state index in [4.69, 9.17) is 9.47 Å². The van der Waals surface area contributed by atoms with Crippen LogP contribution in [-0.2, 0) is 30.5 Å². The van der Waals surface area contributed by atoms with Gasteiger partial charge in [-0.05, 0) is 30.9 Å². The van der Waals surface area contributed by atoms with Gasteiger partial charge in [0, 0.05) is 24.8 Å². The molecule has 12 nitrogen and oxygen atoms in total. The molecule has 0 radical (unpaired) electrons. The van der Waals surface area contributed by atoms with E-state index in [1.54, 1.807) is 21.5 Å². The number of likely N-dealkylation sites (tertiary alicyclic amines) is 1. The highest BCUT2D eigenvalue weighted by Crippen LogP contribution is 2.42. The van der Waals surface area contributed by atoms with Gasteiger partial charge < -0.3 is 24.8 Å². The number of aryl methyl sites for hydroxylation is 1. The van der Waals surface area contributed by atoms with Crippen LogP contribution in [0.25, 0.3) is 10.4 Å². The van der Waals surface area contributed by atoms with Gasteiger partial charge in [-0.15, -0.1) is 16.4 Å². The number of hydrogen-bond donors (Lipinski definition) is 2. The Balaban J connectivity index is 1.24. The molecule has 3 aliphatic rings. The summed E-state index contributed by atoms with van der Waals surface area (Å²) in [6.45, 7) is 4.57. The van der Waals surface area contributed by atoms with Gasteiger partial charge in [-0.25, -0.2) is 9.67 Å². The zero-order valence-corrected chi connectivity index (χ0v) is 25.2. The van der Waals surface area contributed by atoms with E-state index in [1.165, 1.54) is 12.0 Å². The molecule has 0 bridgehead atoms. The minimum atomic E-state index is -0.923. The fourth-order valence-corrected chi connectivity index (χ4v) is 6.89. The van der Waals surface area contributed by atoms with Crippen molar-refractivity contribution in [2.75, 3.05) is 20.3 Å². The molecule has 2 amide bonds. The molecule has 3 aromatic rings. The Morgan fingerprint density at radius 1 is 1.23 bits per heavy atom. The van der Waals surface area contributed by atoms with Crippen molar-refractivity contribution in [3.8, 4) is 10.4 Å². The van der Waals surface area contributed by atoms with Crippen molar-refractivity contribution in [3.63, 3.8) is 0 Å². The summed E-state index contributed by atoms with van der Waals surface area (Å²) in [6.07, 6.45) is 1.21. The van der Waals surface area contributed by atoms with E-state index in [2.05, 4.69) is 20.6 Å². The van der Waals surface area contributed by atoms with Gasteiger partial charge in [0.25, 0.3) is 0 Å². The van der Waals surface area contributed by atoms with Crippen LogP contribution in [-0.4, -0.2) is 80.2 Å². The predicted octanol–water partition coefficient (Wildman–Crippen LogP) is 2.68. The van der Waals surface area contributed by atoms with Crippen molar-refractivity contribution < 1.29 is 29.0 Å². The zero-order valence-electron chi connectivity index (χ0n) is 24.4. The summed E-state index contributed by atoms with van der Waals surface area (Å²) >= 11 is 1.54. The van der Waals surface area contributed by atoms with Gasteiger partial charge in [0.05, 0.1) is 66.4 Å². The number of benzene rings is 1. The van der Waals surface area contributed by atoms with Crippen molar-refractivity contribution in [1.29, 1.82) is 0 Å². The first-order valence-electron chi connectivity index (χ1n) is 14.6. The SMILES string of the molecule is COC(=O)C[C@H](NC(=O)[C@@H]1C[C@@H](O)CN1C(=O)[C@@H]1[C@H](C)COCc2c(C3CC3)nnn21)c1ccc(-c2scnc2C)cc1. The first-order chi connectivity index (χ1) is 20.7. The number of rotatable bonds is 8. The number of methoxy groups -OCH3 is 1. The van der Waals surface area contributed by atoms with Gasteiger partial charge in [-0.1, -0.05) is 36.4 Å². The predicted molar refractivity (Wildman–Crippen MR) is 156 cm³/mol. The fourth-order valence-electron chi connectivity index (χ4n) is 6.08. The van der Waals surface area contributed by atoms with Crippen LogP contribution < -0.4 is 5.32 Å². The largest absolute Gasteiger partial charge is 0.469 e. The average molecular weight is 609 g/mol. The molecule has 2 aromatic heterocycles. The second-order valence-electron chi connectivity index (χ2n) is 11.7. The molecular formula is C30H36N6O6S. The minimum Gasteiger partial charge on any atom is -0.469 e. The molecule has 43 heavy (non-hydrogen) atoms. The van der Waals surface area contributed by atoms with Crippen molar-refractivity contribution in [3.05, 3.63) is 52.4 Å². The summed E-state index contributed by atoms with van der Waals surface area (Å²) in [5, 5.41) is 22.4. The number of aliphatic hydroxyl groups excluding tert-OH is 1. The molecule has 5 atom stereocenters. The van der Waals surface area contributed by atoms with Gasteiger partial charge in [0.1, 0.15) is 12.1 Å². The molecule has 1 aromatic carbocycles. The van der Waals surface area contributed by atoms with Crippen LogP contribution in [0, 0.1) is 12.8 Å². The van der Waals surface area contributed by atoms with Gasteiger partial charge in [-0.3, -0.25) is 14.4 Å². The minimum absolute atomic E-state index is 0.0189. The molecule has 2 aliphatic heterocycles. The van der Waals surface area contributed by atoms with Crippen LogP contribution in [0.4, 0.5) is 0 Å². The Hall–Kier alpha value is -3.68. The Kier molecular flexibility index (Phi) is 8.29. The molecular weight excluding hydrogens is 572 g/mol. The van der Waals surface area contributed by atoms with Crippen LogP contribution in [0.2, 0.25) is 0 Å². The third-order valence-corrected chi connectivity index (χ3v) is 9.54. The maximum Gasteiger partial charge on any atom is 0.307 e. The number of β-amino-alcohol motifs (C(OH)–C–C–N with tert-alkyl or cyclic N) is 1. The quantitative estimate of drug-likeness (QED) is 0.368. The highest BCUT2D eigenvalue weighted by atomic mass is 32.1. The van der Waals surface area contributed by atoms with Crippen molar-refractivity contribution >= 4 is 29.1 Å². The summed E-state index contributed by atoms with van der Waals surface area (Å²) in [5.74, 6) is -1.12. The number of ether oxygens (including phenoxy) is 2. The van der Waals surface area contributed by atoms with E-state index in [0.29, 0.717) is 19.1 Å². The van der Waals surface area contributed by atoms with Crippen LogP contribution in [0.1, 0.15) is 73.3 Å². The summed E-state index contributed by atoms with van der Waals surface area (Å²) in [4.78, 5) is 47.1. The van der Waals surface area contributed by atoms with Crippen LogP contribution in [0.15, 0.2) is 29.8 Å². The van der Waals surface area contributed by atoms with Gasteiger partial charge in [0.15, 0.2) is 0 Å². The fraction of sp³-hybridized carbons (Fsp3) is 0.533. The number of nitrogens with zero attached hydrogens (tertiary/aromatic N) is 5. The highest BCUT2D eigenvalue weighted by Gasteiger charge is 2.45. The van der Waals surface area contributed by atoms with E-state index < -0.39 is 36.1 Å².